The summed E-state index contributed by atoms with van der Waals surface area (Å²) in [5, 5.41) is 15.1. The summed E-state index contributed by atoms with van der Waals surface area (Å²) in [5.74, 6) is 0. The largest absolute Gasteiger partial charge is 0.392 e. The van der Waals surface area contributed by atoms with Crippen LogP contribution in [0.1, 0.15) is 12.0 Å². The predicted molar refractivity (Wildman–Crippen MR) is 58.7 cm³/mol. The van der Waals surface area contributed by atoms with Crippen LogP contribution in [0.5, 0.6) is 0 Å². The van der Waals surface area contributed by atoms with Gasteiger partial charge in [-0.3, -0.25) is 5.10 Å². The van der Waals surface area contributed by atoms with Gasteiger partial charge in [-0.25, -0.2) is 8.42 Å². The lowest BCUT2D eigenvalue weighted by Crippen LogP contribution is -2.37. The van der Waals surface area contributed by atoms with Crippen molar-refractivity contribution in [1.29, 1.82) is 0 Å². The second-order valence-electron chi connectivity index (χ2n) is 3.92. The zero-order valence-electron chi connectivity index (χ0n) is 9.46. The molecule has 2 N–H and O–H groups in total. The van der Waals surface area contributed by atoms with Crippen LogP contribution in [0.3, 0.4) is 0 Å². The van der Waals surface area contributed by atoms with E-state index in [1.807, 2.05) is 0 Å². The van der Waals surface area contributed by atoms with Gasteiger partial charge in [0.15, 0.2) is 5.03 Å². The standard InChI is InChI=1S/C9H15N3O4S/c1-12(8-2-3-16-6-8)17(14,15)9-7(5-13)4-10-11-9/h4,8,13H,2-3,5-6H2,1H3,(H,10,11). The monoisotopic (exact) mass is 261 g/mol. The number of aromatic nitrogens is 2. The molecule has 0 saturated carbocycles. The average molecular weight is 261 g/mol. The number of likely N-dealkylation sites (N-methyl/N-ethyl adjacent to an activating group) is 1. The van der Waals surface area contributed by atoms with Crippen molar-refractivity contribution in [3.8, 4) is 0 Å². The van der Waals surface area contributed by atoms with Gasteiger partial charge in [0.25, 0.3) is 10.0 Å². The number of ether oxygens (including phenoxy) is 1. The van der Waals surface area contributed by atoms with Crippen molar-refractivity contribution in [2.75, 3.05) is 20.3 Å². The molecule has 2 heterocycles. The van der Waals surface area contributed by atoms with Crippen LogP contribution in [-0.2, 0) is 21.4 Å². The molecule has 0 radical (unpaired) electrons. The molecule has 0 bridgehead atoms. The number of aliphatic hydroxyl groups excluding tert-OH is 1. The summed E-state index contributed by atoms with van der Waals surface area (Å²) in [5.41, 5.74) is 0.274. The summed E-state index contributed by atoms with van der Waals surface area (Å²) in [6.07, 6.45) is 1.99. The number of sulfonamides is 1. The molecule has 0 aliphatic carbocycles. The van der Waals surface area contributed by atoms with E-state index in [9.17, 15) is 8.42 Å². The maximum Gasteiger partial charge on any atom is 0.260 e. The van der Waals surface area contributed by atoms with E-state index >= 15 is 0 Å². The van der Waals surface area contributed by atoms with E-state index in [-0.39, 0.29) is 23.2 Å². The van der Waals surface area contributed by atoms with E-state index in [0.29, 0.717) is 19.6 Å². The molecule has 1 unspecified atom stereocenters. The topological polar surface area (TPSA) is 95.5 Å². The Hall–Kier alpha value is -0.960. The quantitative estimate of drug-likeness (QED) is 0.748. The van der Waals surface area contributed by atoms with Gasteiger partial charge in [-0.15, -0.1) is 0 Å². The fraction of sp³-hybridized carbons (Fsp3) is 0.667. The molecule has 1 aromatic heterocycles. The first kappa shape index (κ1) is 12.5. The van der Waals surface area contributed by atoms with Crippen molar-refractivity contribution in [3.05, 3.63) is 11.8 Å². The highest BCUT2D eigenvalue weighted by Crippen LogP contribution is 2.21. The summed E-state index contributed by atoms with van der Waals surface area (Å²) in [4.78, 5) is 0. The highest BCUT2D eigenvalue weighted by molar-refractivity contribution is 7.89. The van der Waals surface area contributed by atoms with Gasteiger partial charge in [-0.1, -0.05) is 0 Å². The lowest BCUT2D eigenvalue weighted by Gasteiger charge is -2.22. The van der Waals surface area contributed by atoms with Crippen LogP contribution in [0.25, 0.3) is 0 Å². The van der Waals surface area contributed by atoms with Gasteiger partial charge >= 0.3 is 0 Å². The number of rotatable bonds is 4. The average Bonchev–Trinajstić information content (AvgIpc) is 2.98. The number of aliphatic hydroxyl groups is 1. The molecule has 1 fully saturated rings. The van der Waals surface area contributed by atoms with Crippen LogP contribution < -0.4 is 0 Å². The van der Waals surface area contributed by atoms with E-state index in [0.717, 1.165) is 0 Å². The molecule has 8 heteroatoms. The van der Waals surface area contributed by atoms with Crippen LogP contribution in [-0.4, -0.2) is 54.3 Å². The zero-order chi connectivity index (χ0) is 12.5. The highest BCUT2D eigenvalue weighted by atomic mass is 32.2. The van der Waals surface area contributed by atoms with Gasteiger partial charge in [-0.2, -0.15) is 9.40 Å². The second-order valence-corrected chi connectivity index (χ2v) is 5.86. The normalized spacial score (nSPS) is 21.2. The number of hydrogen-bond acceptors (Lipinski definition) is 5. The summed E-state index contributed by atoms with van der Waals surface area (Å²) in [6.45, 7) is 0.610. The summed E-state index contributed by atoms with van der Waals surface area (Å²) >= 11 is 0. The van der Waals surface area contributed by atoms with Gasteiger partial charge in [0, 0.05) is 19.2 Å². The molecule has 7 nitrogen and oxygen atoms in total. The van der Waals surface area contributed by atoms with Crippen LogP contribution in [0.4, 0.5) is 0 Å². The Morgan fingerprint density at radius 3 is 3.06 bits per heavy atom. The van der Waals surface area contributed by atoms with Gasteiger partial charge in [0.1, 0.15) is 0 Å². The molecule has 96 valence electrons. The molecular weight excluding hydrogens is 246 g/mol. The number of nitrogens with one attached hydrogen (secondary N) is 1. The fourth-order valence-electron chi connectivity index (χ4n) is 1.78. The van der Waals surface area contributed by atoms with E-state index < -0.39 is 10.0 Å². The first-order chi connectivity index (χ1) is 8.07. The number of H-pyrrole nitrogens is 1. The lowest BCUT2D eigenvalue weighted by atomic mass is 10.3. The van der Waals surface area contributed by atoms with Crippen molar-refractivity contribution >= 4 is 10.0 Å². The Balaban J connectivity index is 2.29. The van der Waals surface area contributed by atoms with E-state index in [2.05, 4.69) is 10.2 Å². The van der Waals surface area contributed by atoms with Crippen molar-refractivity contribution in [3.63, 3.8) is 0 Å². The first-order valence-electron chi connectivity index (χ1n) is 5.26. The van der Waals surface area contributed by atoms with Gasteiger partial charge < -0.3 is 9.84 Å². The van der Waals surface area contributed by atoms with Crippen LogP contribution >= 0.6 is 0 Å². The molecule has 1 atom stereocenters. The third-order valence-corrected chi connectivity index (χ3v) is 4.83. The lowest BCUT2D eigenvalue weighted by molar-refractivity contribution is 0.180. The molecule has 2 rings (SSSR count). The smallest absolute Gasteiger partial charge is 0.260 e. The minimum atomic E-state index is -3.65. The molecule has 1 aliphatic heterocycles. The number of nitrogens with zero attached hydrogens (tertiary/aromatic N) is 2. The molecule has 1 saturated heterocycles. The third-order valence-electron chi connectivity index (χ3n) is 2.91. The maximum atomic E-state index is 12.2. The maximum absolute atomic E-state index is 12.2. The molecule has 0 amide bonds. The molecular formula is C9H15N3O4S. The Bertz CT molecular complexity index is 478. The zero-order valence-corrected chi connectivity index (χ0v) is 10.3. The van der Waals surface area contributed by atoms with Crippen molar-refractivity contribution in [1.82, 2.24) is 14.5 Å². The van der Waals surface area contributed by atoms with E-state index in [1.54, 1.807) is 0 Å². The SMILES string of the molecule is CN(C1CCOC1)S(=O)(=O)c1[nH]ncc1CO. The Kier molecular flexibility index (Phi) is 3.48. The minimum Gasteiger partial charge on any atom is -0.392 e. The molecule has 1 aromatic rings. The molecule has 17 heavy (non-hydrogen) atoms. The summed E-state index contributed by atoms with van der Waals surface area (Å²) in [7, 11) is -2.14. The summed E-state index contributed by atoms with van der Waals surface area (Å²) < 4.78 is 30.9. The van der Waals surface area contributed by atoms with E-state index in [4.69, 9.17) is 9.84 Å². The van der Waals surface area contributed by atoms with Crippen molar-refractivity contribution < 1.29 is 18.3 Å². The van der Waals surface area contributed by atoms with Crippen LogP contribution in [0.2, 0.25) is 0 Å². The van der Waals surface area contributed by atoms with Gasteiger partial charge in [0.2, 0.25) is 0 Å². The second kappa shape index (κ2) is 4.73. The minimum absolute atomic E-state index is 0.0469. The number of aromatic amines is 1. The third kappa shape index (κ3) is 2.21. The molecule has 0 aromatic carbocycles. The van der Waals surface area contributed by atoms with Crippen LogP contribution in [0.15, 0.2) is 11.2 Å². The number of hydrogen-bond donors (Lipinski definition) is 2. The Morgan fingerprint density at radius 1 is 1.71 bits per heavy atom. The Labute approximate surface area is 99.4 Å². The van der Waals surface area contributed by atoms with Crippen LogP contribution in [0, 0.1) is 0 Å². The molecule has 1 aliphatic rings. The van der Waals surface area contributed by atoms with Crippen molar-refractivity contribution in [2.45, 2.75) is 24.1 Å². The fourth-order valence-corrected chi connectivity index (χ4v) is 3.25. The highest BCUT2D eigenvalue weighted by Gasteiger charge is 2.33. The van der Waals surface area contributed by atoms with Gasteiger partial charge in [0.05, 0.1) is 25.5 Å². The first-order valence-corrected chi connectivity index (χ1v) is 6.70. The summed E-state index contributed by atoms with van der Waals surface area (Å²) in [6, 6.07) is -0.158. The van der Waals surface area contributed by atoms with E-state index in [1.165, 1.54) is 17.5 Å². The predicted octanol–water partition coefficient (Wildman–Crippen LogP) is -0.689. The van der Waals surface area contributed by atoms with Crippen molar-refractivity contribution in [2.24, 2.45) is 0 Å². The van der Waals surface area contributed by atoms with Gasteiger partial charge in [-0.05, 0) is 6.42 Å². The Morgan fingerprint density at radius 2 is 2.47 bits per heavy atom. The molecule has 0 spiro atoms.